The minimum Gasteiger partial charge on any atom is -0.465 e. The summed E-state index contributed by atoms with van der Waals surface area (Å²) in [5, 5.41) is 0. The van der Waals surface area contributed by atoms with Gasteiger partial charge in [-0.2, -0.15) is 0 Å². The van der Waals surface area contributed by atoms with Crippen molar-refractivity contribution in [3.63, 3.8) is 0 Å². The molecule has 0 unspecified atom stereocenters. The van der Waals surface area contributed by atoms with E-state index >= 15 is 0 Å². The van der Waals surface area contributed by atoms with Gasteiger partial charge in [-0.05, 0) is 45.4 Å². The smallest absolute Gasteiger partial charge is 0.325 e. The van der Waals surface area contributed by atoms with Crippen molar-refractivity contribution in [2.45, 2.75) is 57.9 Å². The van der Waals surface area contributed by atoms with E-state index in [2.05, 4.69) is 14.9 Å². The topological polar surface area (TPSA) is 55.3 Å². The third kappa shape index (κ3) is 3.34. The molecule has 1 fully saturated rings. The molecule has 0 saturated heterocycles. The van der Waals surface area contributed by atoms with Gasteiger partial charge in [-0.1, -0.05) is 6.42 Å². The molecule has 2 aliphatic rings. The molecule has 114 valence electrons. The molecule has 5 nitrogen and oxygen atoms in total. The zero-order chi connectivity index (χ0) is 14.7. The average Bonchev–Trinajstić information content (AvgIpc) is 3.31. The van der Waals surface area contributed by atoms with Gasteiger partial charge >= 0.3 is 5.97 Å². The van der Waals surface area contributed by atoms with E-state index in [0.717, 1.165) is 31.5 Å². The highest BCUT2D eigenvalue weighted by molar-refractivity contribution is 5.76. The average molecular weight is 289 g/mol. The molecular weight excluding hydrogens is 266 g/mol. The molecule has 2 aliphatic carbocycles. The summed E-state index contributed by atoms with van der Waals surface area (Å²) in [6, 6.07) is 0.441. The first kappa shape index (κ1) is 14.3. The molecule has 0 N–H and O–H groups in total. The molecule has 21 heavy (non-hydrogen) atoms. The highest BCUT2D eigenvalue weighted by Gasteiger charge is 2.33. The van der Waals surface area contributed by atoms with Crippen LogP contribution >= 0.6 is 0 Å². The highest BCUT2D eigenvalue weighted by atomic mass is 16.5. The summed E-state index contributed by atoms with van der Waals surface area (Å²) >= 11 is 0. The van der Waals surface area contributed by atoms with Crippen LogP contribution in [0.4, 0.5) is 5.82 Å². The van der Waals surface area contributed by atoms with Gasteiger partial charge in [-0.3, -0.25) is 4.79 Å². The predicted octanol–water partition coefficient (Wildman–Crippen LogP) is 2.28. The van der Waals surface area contributed by atoms with Gasteiger partial charge in [-0.15, -0.1) is 0 Å². The summed E-state index contributed by atoms with van der Waals surface area (Å²) in [6.07, 6.45) is 9.61. The van der Waals surface area contributed by atoms with Crippen molar-refractivity contribution in [2.24, 2.45) is 0 Å². The molecule has 0 amide bonds. The zero-order valence-corrected chi connectivity index (χ0v) is 12.7. The van der Waals surface area contributed by atoms with Gasteiger partial charge in [0.25, 0.3) is 0 Å². The van der Waals surface area contributed by atoms with Gasteiger partial charge in [0, 0.05) is 17.3 Å². The second-order valence-electron chi connectivity index (χ2n) is 5.85. The number of nitrogens with zero attached hydrogens (tertiary/aromatic N) is 3. The highest BCUT2D eigenvalue weighted by Crippen LogP contribution is 2.34. The lowest BCUT2D eigenvalue weighted by Crippen LogP contribution is -2.34. The van der Waals surface area contributed by atoms with Gasteiger partial charge in [0.05, 0.1) is 6.61 Å². The number of anilines is 1. The van der Waals surface area contributed by atoms with Crippen LogP contribution in [0, 0.1) is 0 Å². The fourth-order valence-corrected chi connectivity index (χ4v) is 3.04. The molecule has 1 aromatic rings. The van der Waals surface area contributed by atoms with Crippen molar-refractivity contribution in [3.8, 4) is 0 Å². The Morgan fingerprint density at radius 3 is 2.86 bits per heavy atom. The molecule has 0 aromatic carbocycles. The van der Waals surface area contributed by atoms with E-state index in [0.29, 0.717) is 19.2 Å². The molecule has 0 atom stereocenters. The number of ether oxygens (including phenoxy) is 1. The van der Waals surface area contributed by atoms with Crippen molar-refractivity contribution in [2.75, 3.05) is 18.1 Å². The Labute approximate surface area is 125 Å². The van der Waals surface area contributed by atoms with E-state index in [1.165, 1.54) is 30.5 Å². The lowest BCUT2D eigenvalue weighted by Gasteiger charge is -2.25. The van der Waals surface area contributed by atoms with E-state index in [1.54, 1.807) is 6.33 Å². The van der Waals surface area contributed by atoms with Crippen molar-refractivity contribution < 1.29 is 9.53 Å². The van der Waals surface area contributed by atoms with Crippen molar-refractivity contribution in [1.82, 2.24) is 9.97 Å². The number of carbonyl (C=O) groups is 1. The minimum absolute atomic E-state index is 0.162. The maximum absolute atomic E-state index is 11.9. The third-order valence-corrected chi connectivity index (χ3v) is 4.22. The van der Waals surface area contributed by atoms with Crippen molar-refractivity contribution in [3.05, 3.63) is 17.6 Å². The molecular formula is C16H23N3O2. The SMILES string of the molecule is CCOC(=O)CN(c1ncnc2c1CCCCC2)C1CC1. The Morgan fingerprint density at radius 2 is 2.10 bits per heavy atom. The molecule has 0 bridgehead atoms. The van der Waals surface area contributed by atoms with Crippen LogP contribution in [0.15, 0.2) is 6.33 Å². The Hall–Kier alpha value is -1.65. The first-order chi connectivity index (χ1) is 10.3. The monoisotopic (exact) mass is 289 g/mol. The van der Waals surface area contributed by atoms with Crippen molar-refractivity contribution in [1.29, 1.82) is 0 Å². The van der Waals surface area contributed by atoms with E-state index in [9.17, 15) is 4.79 Å². The second-order valence-corrected chi connectivity index (χ2v) is 5.85. The van der Waals surface area contributed by atoms with Gasteiger partial charge < -0.3 is 9.64 Å². The molecule has 1 saturated carbocycles. The maximum Gasteiger partial charge on any atom is 0.325 e. The maximum atomic E-state index is 11.9. The molecule has 3 rings (SSSR count). The van der Waals surface area contributed by atoms with E-state index in [4.69, 9.17) is 4.74 Å². The number of hydrogen-bond donors (Lipinski definition) is 0. The molecule has 0 spiro atoms. The number of esters is 1. The molecule has 0 aliphatic heterocycles. The fourth-order valence-electron chi connectivity index (χ4n) is 3.04. The van der Waals surface area contributed by atoms with Gasteiger partial charge in [-0.25, -0.2) is 9.97 Å². The lowest BCUT2D eigenvalue weighted by atomic mass is 10.1. The predicted molar refractivity (Wildman–Crippen MR) is 80.3 cm³/mol. The van der Waals surface area contributed by atoms with E-state index < -0.39 is 0 Å². The van der Waals surface area contributed by atoms with Crippen LogP contribution < -0.4 is 4.90 Å². The van der Waals surface area contributed by atoms with Crippen LogP contribution in [0.1, 0.15) is 50.3 Å². The second kappa shape index (κ2) is 6.41. The van der Waals surface area contributed by atoms with Crippen molar-refractivity contribution >= 4 is 11.8 Å². The first-order valence-corrected chi connectivity index (χ1v) is 8.04. The summed E-state index contributed by atoms with van der Waals surface area (Å²) in [5.74, 6) is 0.808. The van der Waals surface area contributed by atoms with Crippen LogP contribution in [0.25, 0.3) is 0 Å². The van der Waals surface area contributed by atoms with Crippen LogP contribution in [0.5, 0.6) is 0 Å². The van der Waals surface area contributed by atoms with Crippen LogP contribution in [0.3, 0.4) is 0 Å². The molecule has 1 aromatic heterocycles. The number of aryl methyl sites for hydroxylation is 1. The number of fused-ring (bicyclic) bond motifs is 1. The Morgan fingerprint density at radius 1 is 1.29 bits per heavy atom. The number of hydrogen-bond acceptors (Lipinski definition) is 5. The zero-order valence-electron chi connectivity index (χ0n) is 12.7. The normalized spacial score (nSPS) is 17.8. The van der Waals surface area contributed by atoms with E-state index in [-0.39, 0.29) is 5.97 Å². The van der Waals surface area contributed by atoms with Crippen LogP contribution in [-0.2, 0) is 22.4 Å². The molecule has 1 heterocycles. The largest absolute Gasteiger partial charge is 0.465 e. The van der Waals surface area contributed by atoms with Gasteiger partial charge in [0.2, 0.25) is 0 Å². The lowest BCUT2D eigenvalue weighted by molar-refractivity contribution is -0.141. The summed E-state index contributed by atoms with van der Waals surface area (Å²) in [7, 11) is 0. The molecule has 0 radical (unpaired) electrons. The summed E-state index contributed by atoms with van der Waals surface area (Å²) in [5.41, 5.74) is 2.43. The summed E-state index contributed by atoms with van der Waals surface area (Å²) in [4.78, 5) is 23.0. The Bertz CT molecular complexity index is 514. The quantitative estimate of drug-likeness (QED) is 0.615. The number of rotatable bonds is 5. The van der Waals surface area contributed by atoms with Crippen LogP contribution in [-0.4, -0.2) is 35.1 Å². The van der Waals surface area contributed by atoms with E-state index in [1.807, 2.05) is 6.92 Å². The third-order valence-electron chi connectivity index (χ3n) is 4.22. The standard InChI is InChI=1S/C16H23N3O2/c1-2-21-15(20)10-19(12-8-9-12)16-13-6-4-3-5-7-14(13)17-11-18-16/h11-12H,2-10H2,1H3. The molecule has 5 heteroatoms. The minimum atomic E-state index is -0.162. The van der Waals surface area contributed by atoms with Gasteiger partial charge in [0.15, 0.2) is 0 Å². The fraction of sp³-hybridized carbons (Fsp3) is 0.688. The summed E-state index contributed by atoms with van der Waals surface area (Å²) in [6.45, 7) is 2.58. The number of carbonyl (C=O) groups excluding carboxylic acids is 1. The Balaban J connectivity index is 1.87. The van der Waals surface area contributed by atoms with Gasteiger partial charge in [0.1, 0.15) is 18.7 Å². The first-order valence-electron chi connectivity index (χ1n) is 8.04. The summed E-state index contributed by atoms with van der Waals surface area (Å²) < 4.78 is 5.12. The number of aromatic nitrogens is 2. The Kier molecular flexibility index (Phi) is 4.36. The van der Waals surface area contributed by atoms with Crippen LogP contribution in [0.2, 0.25) is 0 Å².